The Kier molecular flexibility index (Phi) is 9.21. The topological polar surface area (TPSA) is 3.88 Å². The summed E-state index contributed by atoms with van der Waals surface area (Å²) in [6.45, 7) is 5.20. The maximum atomic E-state index is 15.6. The Morgan fingerprint density at radius 2 is 1.20 bits per heavy atom. The van der Waals surface area contributed by atoms with Crippen LogP contribution in [0.3, 0.4) is 0 Å². The molecule has 0 fully saturated rings. The zero-order valence-electron chi connectivity index (χ0n) is 25.3. The number of unbranched alkanes of at least 4 members (excludes halogenated alkanes) is 5. The first-order valence-corrected chi connectivity index (χ1v) is 16.6. The van der Waals surface area contributed by atoms with Crippen molar-refractivity contribution in [2.45, 2.75) is 83.5 Å². The van der Waals surface area contributed by atoms with Crippen LogP contribution in [0.2, 0.25) is 0 Å². The zero-order chi connectivity index (χ0) is 31.9. The number of hydrogen-bond acceptors (Lipinski definition) is 2. The summed E-state index contributed by atoms with van der Waals surface area (Å²) in [6.07, 6.45) is 11.6. The van der Waals surface area contributed by atoms with Crippen LogP contribution in [0.4, 0.5) is 26.3 Å². The fraction of sp³-hybridized carbons (Fsp3) is 0.400. The summed E-state index contributed by atoms with van der Waals surface area (Å²) in [5, 5.41) is 0. The van der Waals surface area contributed by atoms with Gasteiger partial charge in [-0.05, 0) is 67.1 Å². The third-order valence-electron chi connectivity index (χ3n) is 8.32. The van der Waals surface area contributed by atoms with Crippen molar-refractivity contribution < 1.29 is 30.9 Å². The SMILES string of the molecule is CCCCCCCCc1ccc(-c2cc(C3=C(c4cc(-c5ccc[n+](C)c5)sc4C)C(F)(F)C(F)(F)C3(F)F)c(C)s2)cc1. The average molecular weight is 649 g/mol. The van der Waals surface area contributed by atoms with E-state index in [4.69, 9.17) is 0 Å². The second-order valence-corrected chi connectivity index (χ2v) is 14.1. The van der Waals surface area contributed by atoms with Gasteiger partial charge < -0.3 is 0 Å². The first-order valence-electron chi connectivity index (χ1n) is 14.9. The van der Waals surface area contributed by atoms with Gasteiger partial charge in [0.15, 0.2) is 12.4 Å². The highest BCUT2D eigenvalue weighted by Crippen LogP contribution is 2.66. The molecule has 0 bridgehead atoms. The van der Waals surface area contributed by atoms with Crippen molar-refractivity contribution >= 4 is 33.8 Å². The quantitative estimate of drug-likeness (QED) is 0.0866. The molecule has 4 aromatic rings. The standard InChI is InChI=1S/C35H36F6NS2/c1-5-6-7-8-9-10-12-24-14-16-25(17-15-24)29-19-27(22(2)43-29)31-32(34(38,39)35(40,41)33(31,36)37)28-20-30(44-23(28)3)26-13-11-18-42(4)21-26/h11,13-21H,5-10,12H2,1-4H3/q+1. The number of hydrogen-bond donors (Lipinski definition) is 0. The second kappa shape index (κ2) is 12.5. The first-order chi connectivity index (χ1) is 20.8. The van der Waals surface area contributed by atoms with E-state index in [2.05, 4.69) is 6.92 Å². The first kappa shape index (κ1) is 32.5. The second-order valence-electron chi connectivity index (χ2n) is 11.6. The van der Waals surface area contributed by atoms with Gasteiger partial charge in [0, 0.05) is 36.7 Å². The molecule has 5 rings (SSSR count). The molecule has 3 aromatic heterocycles. The Hall–Kier alpha value is -2.91. The third kappa shape index (κ3) is 5.78. The van der Waals surface area contributed by atoms with E-state index in [9.17, 15) is 0 Å². The van der Waals surface area contributed by atoms with Gasteiger partial charge in [0.2, 0.25) is 0 Å². The van der Waals surface area contributed by atoms with Crippen LogP contribution in [0.1, 0.15) is 71.9 Å². The van der Waals surface area contributed by atoms with Gasteiger partial charge in [0.05, 0.1) is 5.56 Å². The Bertz CT molecular complexity index is 1660. The number of rotatable bonds is 11. The smallest absolute Gasteiger partial charge is 0.207 e. The van der Waals surface area contributed by atoms with Crippen LogP contribution in [0, 0.1) is 13.8 Å². The van der Waals surface area contributed by atoms with E-state index in [0.717, 1.165) is 53.1 Å². The number of aromatic nitrogens is 1. The molecule has 1 nitrogen and oxygen atoms in total. The van der Waals surface area contributed by atoms with Gasteiger partial charge in [-0.3, -0.25) is 0 Å². The average Bonchev–Trinajstić information content (AvgIpc) is 3.57. The summed E-state index contributed by atoms with van der Waals surface area (Å²) in [6, 6.07) is 13.9. The fourth-order valence-corrected chi connectivity index (χ4v) is 7.90. The predicted molar refractivity (Wildman–Crippen MR) is 169 cm³/mol. The number of pyridine rings is 1. The molecule has 0 saturated carbocycles. The van der Waals surface area contributed by atoms with Crippen molar-refractivity contribution in [3.05, 3.63) is 87.4 Å². The number of benzene rings is 1. The predicted octanol–water partition coefficient (Wildman–Crippen LogP) is 11.3. The number of thiophene rings is 2. The van der Waals surface area contributed by atoms with E-state index in [-0.39, 0.29) is 20.9 Å². The van der Waals surface area contributed by atoms with Crippen LogP contribution >= 0.6 is 22.7 Å². The van der Waals surface area contributed by atoms with Gasteiger partial charge in [0.1, 0.15) is 7.05 Å². The Morgan fingerprint density at radius 3 is 1.75 bits per heavy atom. The maximum absolute atomic E-state index is 15.6. The number of nitrogens with zero attached hydrogens (tertiary/aromatic N) is 1. The minimum absolute atomic E-state index is 0.265. The normalized spacial score (nSPS) is 17.0. The van der Waals surface area contributed by atoms with Crippen LogP contribution in [0.5, 0.6) is 0 Å². The molecule has 0 saturated heterocycles. The van der Waals surface area contributed by atoms with Crippen LogP contribution in [0.15, 0.2) is 60.9 Å². The summed E-state index contributed by atoms with van der Waals surface area (Å²) in [4.78, 5) is 1.63. The van der Waals surface area contributed by atoms with Crippen molar-refractivity contribution in [3.8, 4) is 20.9 Å². The Balaban J connectivity index is 1.53. The highest BCUT2D eigenvalue weighted by atomic mass is 32.1. The lowest BCUT2D eigenvalue weighted by Gasteiger charge is -2.25. The lowest BCUT2D eigenvalue weighted by atomic mass is 9.94. The minimum atomic E-state index is -5.59. The van der Waals surface area contributed by atoms with Gasteiger partial charge in [-0.2, -0.15) is 26.3 Å². The zero-order valence-corrected chi connectivity index (χ0v) is 26.9. The summed E-state index contributed by atoms with van der Waals surface area (Å²) < 4.78 is 94.2. The van der Waals surface area contributed by atoms with E-state index >= 15 is 26.3 Å². The van der Waals surface area contributed by atoms with Gasteiger partial charge in [-0.1, -0.05) is 63.3 Å². The molecule has 1 aliphatic carbocycles. The summed E-state index contributed by atoms with van der Waals surface area (Å²) in [7, 11) is 1.79. The van der Waals surface area contributed by atoms with E-state index in [1.165, 1.54) is 51.7 Å². The molecule has 9 heteroatoms. The maximum Gasteiger partial charge on any atom is 0.380 e. The molecule has 0 atom stereocenters. The molecule has 44 heavy (non-hydrogen) atoms. The highest BCUT2D eigenvalue weighted by molar-refractivity contribution is 7.16. The molecule has 0 unspecified atom stereocenters. The van der Waals surface area contributed by atoms with E-state index < -0.39 is 28.9 Å². The largest absolute Gasteiger partial charge is 0.380 e. The fourth-order valence-electron chi connectivity index (χ4n) is 5.86. The molecular weight excluding hydrogens is 613 g/mol. The molecule has 0 N–H and O–H groups in total. The van der Waals surface area contributed by atoms with E-state index in [1.807, 2.05) is 24.3 Å². The minimum Gasteiger partial charge on any atom is -0.207 e. The molecular formula is C35H36F6NS2+. The number of halogens is 6. The van der Waals surface area contributed by atoms with Crippen molar-refractivity contribution in [1.82, 2.24) is 0 Å². The van der Waals surface area contributed by atoms with Gasteiger partial charge >= 0.3 is 17.8 Å². The van der Waals surface area contributed by atoms with Crippen LogP contribution in [0.25, 0.3) is 32.0 Å². The third-order valence-corrected chi connectivity index (χ3v) is 10.5. The molecule has 0 amide bonds. The molecule has 0 radical (unpaired) electrons. The number of allylic oxidation sites excluding steroid dienone is 2. The molecule has 0 spiro atoms. The Labute approximate surface area is 262 Å². The summed E-state index contributed by atoms with van der Waals surface area (Å²) >= 11 is 2.25. The van der Waals surface area contributed by atoms with Crippen molar-refractivity contribution in [2.24, 2.45) is 7.05 Å². The van der Waals surface area contributed by atoms with Crippen molar-refractivity contribution in [2.75, 3.05) is 0 Å². The van der Waals surface area contributed by atoms with E-state index in [0.29, 0.717) is 15.3 Å². The number of aryl methyl sites for hydroxylation is 4. The molecule has 1 aromatic carbocycles. The highest BCUT2D eigenvalue weighted by Gasteiger charge is 2.80. The molecule has 234 valence electrons. The summed E-state index contributed by atoms with van der Waals surface area (Å²) in [5.74, 6) is -15.8. The Morgan fingerprint density at radius 1 is 0.682 bits per heavy atom. The van der Waals surface area contributed by atoms with Crippen molar-refractivity contribution in [1.29, 1.82) is 0 Å². The monoisotopic (exact) mass is 648 g/mol. The van der Waals surface area contributed by atoms with Gasteiger partial charge in [0.25, 0.3) is 0 Å². The summed E-state index contributed by atoms with van der Waals surface area (Å²) in [5.41, 5.74) is -0.585. The lowest BCUT2D eigenvalue weighted by Crippen LogP contribution is -2.48. The lowest BCUT2D eigenvalue weighted by molar-refractivity contribution is -0.671. The van der Waals surface area contributed by atoms with Crippen molar-refractivity contribution in [3.63, 3.8) is 0 Å². The number of alkyl halides is 6. The van der Waals surface area contributed by atoms with Gasteiger partial charge in [-0.25, -0.2) is 4.57 Å². The van der Waals surface area contributed by atoms with Crippen LogP contribution in [-0.2, 0) is 13.5 Å². The molecule has 3 heterocycles. The van der Waals surface area contributed by atoms with Crippen LogP contribution < -0.4 is 4.57 Å². The molecule has 1 aliphatic rings. The van der Waals surface area contributed by atoms with E-state index in [1.54, 1.807) is 36.1 Å². The van der Waals surface area contributed by atoms with Gasteiger partial charge in [-0.15, -0.1) is 22.7 Å². The molecule has 0 aliphatic heterocycles. The van der Waals surface area contributed by atoms with Crippen LogP contribution in [-0.4, -0.2) is 17.8 Å².